The van der Waals surface area contributed by atoms with Gasteiger partial charge in [-0.2, -0.15) is 0 Å². The second-order valence-corrected chi connectivity index (χ2v) is 2.95. The van der Waals surface area contributed by atoms with Crippen LogP contribution in [0.3, 0.4) is 0 Å². The van der Waals surface area contributed by atoms with Crippen molar-refractivity contribution in [2.75, 3.05) is 13.2 Å². The van der Waals surface area contributed by atoms with Crippen molar-refractivity contribution in [2.24, 2.45) is 5.90 Å². The molecule has 1 atom stereocenters. The fourth-order valence-electron chi connectivity index (χ4n) is 0.651. The van der Waals surface area contributed by atoms with Gasteiger partial charge in [-0.25, -0.2) is 5.90 Å². The molecule has 0 bridgehead atoms. The SMILES string of the molecule is C.NOP.[3H]CC(=O)CCOCCC(=O)CC. The minimum atomic E-state index is -0.183. The summed E-state index contributed by atoms with van der Waals surface area (Å²) < 4.78 is 15.4. The summed E-state index contributed by atoms with van der Waals surface area (Å²) in [6.07, 6.45) is 1.24. The van der Waals surface area contributed by atoms with Gasteiger partial charge in [0.1, 0.15) is 11.6 Å². The fourth-order valence-corrected chi connectivity index (χ4v) is 0.651. The average Bonchev–Trinajstić information content (AvgIpc) is 2.29. The van der Waals surface area contributed by atoms with Crippen LogP contribution in [-0.4, -0.2) is 24.8 Å². The largest absolute Gasteiger partial charge is 0.381 e. The number of Topliss-reactive ketones (excluding diaryl/α,β-unsaturated/α-hetero) is 2. The fraction of sp³-hybridized carbons (Fsp3) is 0.800. The second-order valence-electron chi connectivity index (χ2n) is 2.68. The van der Waals surface area contributed by atoms with E-state index in [0.717, 1.165) is 0 Å². The number of nitrogens with two attached hydrogens (primary N) is 1. The van der Waals surface area contributed by atoms with Crippen LogP contribution in [0.5, 0.6) is 0 Å². The number of carbonyl (C=O) groups is 2. The normalized spacial score (nSPS) is 9.31. The molecular weight excluding hydrogens is 229 g/mol. The van der Waals surface area contributed by atoms with E-state index < -0.39 is 0 Å². The maximum atomic E-state index is 10.8. The third-order valence-corrected chi connectivity index (χ3v) is 1.44. The summed E-state index contributed by atoms with van der Waals surface area (Å²) in [4.78, 5) is 21.4. The van der Waals surface area contributed by atoms with Crippen molar-refractivity contribution in [3.05, 3.63) is 0 Å². The Balaban J connectivity index is -0.000000440. The van der Waals surface area contributed by atoms with Crippen molar-refractivity contribution in [2.45, 2.75) is 40.5 Å². The van der Waals surface area contributed by atoms with Crippen LogP contribution in [0.1, 0.15) is 41.9 Å². The minimum Gasteiger partial charge on any atom is -0.381 e. The molecule has 2 N–H and O–H groups in total. The molecule has 0 aliphatic rings. The molecule has 0 fully saturated rings. The van der Waals surface area contributed by atoms with Gasteiger partial charge in [0.05, 0.1) is 13.2 Å². The Bertz CT molecular complexity index is 175. The van der Waals surface area contributed by atoms with Crippen molar-refractivity contribution in [1.82, 2.24) is 0 Å². The quantitative estimate of drug-likeness (QED) is 0.425. The first-order valence-electron chi connectivity index (χ1n) is 5.29. The van der Waals surface area contributed by atoms with Gasteiger partial charge in [0.2, 0.25) is 0 Å². The maximum absolute atomic E-state index is 10.8. The smallest absolute Gasteiger partial charge is 0.134 e. The molecule has 0 aliphatic heterocycles. The predicted molar refractivity (Wildman–Crippen MR) is 67.7 cm³/mol. The lowest BCUT2D eigenvalue weighted by Crippen LogP contribution is -2.05. The first kappa shape index (κ1) is 18.0. The Hall–Kier alpha value is -0.350. The van der Waals surface area contributed by atoms with E-state index in [1.54, 1.807) is 0 Å². The van der Waals surface area contributed by atoms with Crippen LogP contribution in [0.2, 0.25) is 0 Å². The van der Waals surface area contributed by atoms with Gasteiger partial charge >= 0.3 is 0 Å². The lowest BCUT2D eigenvalue weighted by Gasteiger charge is -2.00. The molecule has 0 aromatic rings. The van der Waals surface area contributed by atoms with Crippen molar-refractivity contribution in [3.63, 3.8) is 0 Å². The molecule has 5 nitrogen and oxygen atoms in total. The van der Waals surface area contributed by atoms with Crippen LogP contribution >= 0.6 is 9.47 Å². The van der Waals surface area contributed by atoms with Gasteiger partial charge in [-0.05, 0) is 6.90 Å². The molecule has 0 rings (SSSR count). The Labute approximate surface area is 102 Å². The van der Waals surface area contributed by atoms with E-state index in [9.17, 15) is 9.59 Å². The highest BCUT2D eigenvalue weighted by Gasteiger charge is 1.98. The van der Waals surface area contributed by atoms with E-state index in [2.05, 4.69) is 10.5 Å². The third-order valence-electron chi connectivity index (χ3n) is 1.44. The Kier molecular flexibility index (Phi) is 19.2. The van der Waals surface area contributed by atoms with Crippen LogP contribution in [0, 0.1) is 0 Å². The Morgan fingerprint density at radius 2 is 1.88 bits per heavy atom. The third kappa shape index (κ3) is 23.5. The molecule has 98 valence electrons. The lowest BCUT2D eigenvalue weighted by atomic mass is 10.2. The van der Waals surface area contributed by atoms with Gasteiger partial charge in [0.15, 0.2) is 0 Å². The van der Waals surface area contributed by atoms with Crippen molar-refractivity contribution < 1.29 is 20.3 Å². The maximum Gasteiger partial charge on any atom is 0.134 e. The molecule has 0 heterocycles. The average molecular weight is 255 g/mol. The topological polar surface area (TPSA) is 78.6 Å². The summed E-state index contributed by atoms with van der Waals surface area (Å²) in [5.41, 5.74) is 0. The molecule has 6 heteroatoms. The molecule has 16 heavy (non-hydrogen) atoms. The highest BCUT2D eigenvalue weighted by atomic mass is 31.0. The molecule has 0 saturated heterocycles. The molecule has 0 amide bonds. The van der Waals surface area contributed by atoms with Gasteiger partial charge < -0.3 is 4.74 Å². The van der Waals surface area contributed by atoms with E-state index >= 15 is 0 Å². The number of rotatable bonds is 7. The minimum absolute atomic E-state index is 0. The molecular formula is C10H24NO4P. The van der Waals surface area contributed by atoms with Gasteiger partial charge in [0.25, 0.3) is 0 Å². The molecule has 0 aromatic carbocycles. The molecule has 0 radical (unpaired) electrons. The van der Waals surface area contributed by atoms with Crippen molar-refractivity contribution in [1.29, 1.82) is 0 Å². The molecule has 1 unspecified atom stereocenters. The number of hydrogen-bond donors (Lipinski definition) is 1. The monoisotopic (exact) mass is 255 g/mol. The molecule has 0 aliphatic carbocycles. The first-order chi connectivity index (χ1) is 7.62. The summed E-state index contributed by atoms with van der Waals surface area (Å²) in [5, 5.41) is 0. The zero-order valence-electron chi connectivity index (χ0n) is 10.0. The summed E-state index contributed by atoms with van der Waals surface area (Å²) in [7, 11) is 1.86. The molecule has 0 spiro atoms. The van der Waals surface area contributed by atoms with Gasteiger partial charge in [-0.3, -0.25) is 14.2 Å². The Morgan fingerprint density at radius 1 is 1.38 bits per heavy atom. The van der Waals surface area contributed by atoms with Crippen LogP contribution in [0.4, 0.5) is 0 Å². The van der Waals surface area contributed by atoms with Gasteiger partial charge in [-0.1, -0.05) is 14.4 Å². The number of ketones is 2. The van der Waals surface area contributed by atoms with Crippen molar-refractivity contribution >= 4 is 21.0 Å². The molecule has 0 saturated carbocycles. The van der Waals surface area contributed by atoms with E-state index in [4.69, 9.17) is 6.11 Å². The van der Waals surface area contributed by atoms with Gasteiger partial charge in [-0.15, -0.1) is 0 Å². The van der Waals surface area contributed by atoms with Crippen LogP contribution < -0.4 is 5.90 Å². The summed E-state index contributed by atoms with van der Waals surface area (Å²) in [6, 6.07) is 0. The van der Waals surface area contributed by atoms with E-state index in [1.165, 1.54) is 0 Å². The van der Waals surface area contributed by atoms with Crippen LogP contribution in [0.25, 0.3) is 0 Å². The van der Waals surface area contributed by atoms with Crippen LogP contribution in [0.15, 0.2) is 0 Å². The highest BCUT2D eigenvalue weighted by molar-refractivity contribution is 7.09. The number of ether oxygens (including phenoxy) is 1. The predicted octanol–water partition coefficient (Wildman–Crippen LogP) is 1.65. The molecule has 0 aromatic heterocycles. The summed E-state index contributed by atoms with van der Waals surface area (Å²) >= 11 is 0. The van der Waals surface area contributed by atoms with Crippen molar-refractivity contribution in [3.8, 4) is 0 Å². The number of hydrogen-bond acceptors (Lipinski definition) is 5. The highest BCUT2D eigenvalue weighted by Crippen LogP contribution is 1.91. The zero-order valence-corrected chi connectivity index (χ0v) is 10.2. The van der Waals surface area contributed by atoms with Crippen LogP contribution in [-0.2, 0) is 19.0 Å². The first-order valence-corrected chi connectivity index (χ1v) is 5.05. The number of carbonyl (C=O) groups excluding carboxylic acids is 2. The van der Waals surface area contributed by atoms with Gasteiger partial charge in [0, 0.05) is 30.1 Å². The summed E-state index contributed by atoms with van der Waals surface area (Å²) in [5.74, 6) is 4.36. The van der Waals surface area contributed by atoms with E-state index in [0.29, 0.717) is 26.1 Å². The summed E-state index contributed by atoms with van der Waals surface area (Å²) in [6.45, 7) is 2.34. The zero-order chi connectivity index (χ0) is 12.8. The second kappa shape index (κ2) is 17.1. The lowest BCUT2D eigenvalue weighted by molar-refractivity contribution is -0.120. The Morgan fingerprint density at radius 3 is 2.31 bits per heavy atom. The van der Waals surface area contributed by atoms with E-state index in [-0.39, 0.29) is 32.3 Å². The standard InChI is InChI=1S/C9H16O3.CH4.H4NOP/c1-3-9(11)5-7-12-6-4-8(2)10;;1-2-3/h3-7H2,1-2H3;1H4;1,3H2/i2T;;. The van der Waals surface area contributed by atoms with E-state index in [1.807, 2.05) is 16.4 Å².